The molecular weight excluding hydrogens is 220 g/mol. The summed E-state index contributed by atoms with van der Waals surface area (Å²) >= 11 is 0. The summed E-state index contributed by atoms with van der Waals surface area (Å²) in [5.74, 6) is 0. The van der Waals surface area contributed by atoms with E-state index in [1.807, 2.05) is 19.9 Å². The van der Waals surface area contributed by atoms with Crippen LogP contribution in [0, 0.1) is 0 Å². The van der Waals surface area contributed by atoms with Crippen LogP contribution in [-0.4, -0.2) is 8.42 Å². The van der Waals surface area contributed by atoms with Gasteiger partial charge in [0.25, 0.3) is 0 Å². The van der Waals surface area contributed by atoms with Crippen LogP contribution in [0.1, 0.15) is 20.8 Å². The fraction of sp³-hybridized carbons (Fsp3) is 0.231. The van der Waals surface area contributed by atoms with Gasteiger partial charge in [-0.25, -0.2) is 8.42 Å². The summed E-state index contributed by atoms with van der Waals surface area (Å²) in [6, 6.07) is 8.43. The molecule has 0 N–H and O–H groups in total. The number of allylic oxidation sites excluding steroid dienone is 3. The Hall–Kier alpha value is -1.35. The molecule has 2 nitrogen and oxygen atoms in total. The van der Waals surface area contributed by atoms with Crippen LogP contribution in [-0.2, 0) is 9.84 Å². The lowest BCUT2D eigenvalue weighted by Crippen LogP contribution is -1.96. The second-order valence-corrected chi connectivity index (χ2v) is 5.74. The maximum absolute atomic E-state index is 11.9. The highest BCUT2D eigenvalue weighted by Gasteiger charge is 2.09. The third kappa shape index (κ3) is 3.66. The molecule has 0 unspecified atom stereocenters. The first kappa shape index (κ1) is 12.7. The van der Waals surface area contributed by atoms with Crippen molar-refractivity contribution in [3.8, 4) is 0 Å². The van der Waals surface area contributed by atoms with E-state index < -0.39 is 9.84 Å². The lowest BCUT2D eigenvalue weighted by atomic mass is 10.2. The van der Waals surface area contributed by atoms with Gasteiger partial charge < -0.3 is 0 Å². The number of benzene rings is 1. The van der Waals surface area contributed by atoms with Crippen molar-refractivity contribution < 1.29 is 8.42 Å². The van der Waals surface area contributed by atoms with Crippen molar-refractivity contribution in [2.45, 2.75) is 25.7 Å². The minimum absolute atomic E-state index is 0.330. The van der Waals surface area contributed by atoms with Crippen LogP contribution < -0.4 is 0 Å². The van der Waals surface area contributed by atoms with Crippen molar-refractivity contribution in [3.63, 3.8) is 0 Å². The van der Waals surface area contributed by atoms with Gasteiger partial charge in [-0.05, 0) is 38.5 Å². The Bertz CT molecular complexity index is 504. The van der Waals surface area contributed by atoms with Crippen LogP contribution in [0.2, 0.25) is 0 Å². The molecule has 1 aromatic rings. The number of hydrogen-bond acceptors (Lipinski definition) is 2. The van der Waals surface area contributed by atoms with Gasteiger partial charge in [-0.2, -0.15) is 0 Å². The van der Waals surface area contributed by atoms with Gasteiger partial charge in [0.05, 0.1) is 4.90 Å². The summed E-state index contributed by atoms with van der Waals surface area (Å²) in [5, 5.41) is 1.30. The molecular formula is C13H16O2S. The summed E-state index contributed by atoms with van der Waals surface area (Å²) in [7, 11) is -3.31. The molecule has 16 heavy (non-hydrogen) atoms. The van der Waals surface area contributed by atoms with E-state index in [9.17, 15) is 8.42 Å². The van der Waals surface area contributed by atoms with Gasteiger partial charge in [-0.3, -0.25) is 0 Å². The summed E-state index contributed by atoms with van der Waals surface area (Å²) in [6.45, 7) is 5.66. The number of hydrogen-bond donors (Lipinski definition) is 0. The third-order valence-corrected chi connectivity index (χ3v) is 3.54. The zero-order chi connectivity index (χ0) is 12.2. The molecule has 0 amide bonds. The monoisotopic (exact) mass is 236 g/mol. The van der Waals surface area contributed by atoms with Gasteiger partial charge in [-0.15, -0.1) is 0 Å². The van der Waals surface area contributed by atoms with Gasteiger partial charge in [0.1, 0.15) is 0 Å². The maximum Gasteiger partial charge on any atom is 0.200 e. The van der Waals surface area contributed by atoms with Gasteiger partial charge >= 0.3 is 0 Å². The van der Waals surface area contributed by atoms with E-state index in [2.05, 4.69) is 0 Å². The molecule has 0 aromatic heterocycles. The van der Waals surface area contributed by atoms with E-state index in [1.165, 1.54) is 5.41 Å². The SMILES string of the molecule is CC(C)=C/C(C)=C/S(=O)(=O)c1ccccc1. The zero-order valence-corrected chi connectivity index (χ0v) is 10.6. The highest BCUT2D eigenvalue weighted by Crippen LogP contribution is 2.14. The second-order valence-electron chi connectivity index (χ2n) is 3.94. The standard InChI is InChI=1S/C13H16O2S/c1-11(2)9-12(3)10-16(14,15)13-7-5-4-6-8-13/h4-10H,1-3H3/b12-10+. The molecule has 0 saturated heterocycles. The van der Waals surface area contributed by atoms with Crippen LogP contribution in [0.5, 0.6) is 0 Å². The van der Waals surface area contributed by atoms with Gasteiger partial charge in [-0.1, -0.05) is 29.8 Å². The van der Waals surface area contributed by atoms with Crippen molar-refractivity contribution in [2.75, 3.05) is 0 Å². The van der Waals surface area contributed by atoms with Gasteiger partial charge in [0.15, 0.2) is 9.84 Å². The Morgan fingerprint density at radius 3 is 2.12 bits per heavy atom. The summed E-state index contributed by atoms with van der Waals surface area (Å²) in [6.07, 6.45) is 1.85. The third-order valence-electron chi connectivity index (χ3n) is 1.93. The minimum atomic E-state index is -3.31. The normalized spacial score (nSPS) is 12.3. The van der Waals surface area contributed by atoms with Crippen LogP contribution in [0.4, 0.5) is 0 Å². The smallest absolute Gasteiger partial charge is 0.200 e. The predicted octanol–water partition coefficient (Wildman–Crippen LogP) is 3.33. The van der Waals surface area contributed by atoms with E-state index in [-0.39, 0.29) is 0 Å². The Labute approximate surface area is 97.2 Å². The van der Waals surface area contributed by atoms with E-state index in [1.54, 1.807) is 37.3 Å². The Morgan fingerprint density at radius 1 is 1.06 bits per heavy atom. The quantitative estimate of drug-likeness (QED) is 0.754. The molecule has 0 saturated carbocycles. The Balaban J connectivity index is 3.11. The molecule has 0 heterocycles. The molecule has 0 fully saturated rings. The van der Waals surface area contributed by atoms with Gasteiger partial charge in [0.2, 0.25) is 0 Å². The van der Waals surface area contributed by atoms with Crippen LogP contribution in [0.3, 0.4) is 0 Å². The summed E-state index contributed by atoms with van der Waals surface area (Å²) in [4.78, 5) is 0.330. The average Bonchev–Trinajstić information content (AvgIpc) is 2.16. The summed E-state index contributed by atoms with van der Waals surface area (Å²) in [5.41, 5.74) is 1.82. The summed E-state index contributed by atoms with van der Waals surface area (Å²) < 4.78 is 23.8. The highest BCUT2D eigenvalue weighted by molar-refractivity contribution is 7.94. The molecule has 0 radical (unpaired) electrons. The lowest BCUT2D eigenvalue weighted by molar-refractivity contribution is 0.604. The first-order valence-corrected chi connectivity index (χ1v) is 6.60. The van der Waals surface area contributed by atoms with E-state index in [4.69, 9.17) is 0 Å². The maximum atomic E-state index is 11.9. The molecule has 0 spiro atoms. The van der Waals surface area contributed by atoms with Gasteiger partial charge in [0, 0.05) is 5.41 Å². The highest BCUT2D eigenvalue weighted by atomic mass is 32.2. The number of sulfone groups is 1. The molecule has 1 aromatic carbocycles. The zero-order valence-electron chi connectivity index (χ0n) is 9.77. The fourth-order valence-electron chi connectivity index (χ4n) is 1.41. The lowest BCUT2D eigenvalue weighted by Gasteiger charge is -1.99. The molecule has 0 atom stereocenters. The first-order valence-electron chi connectivity index (χ1n) is 5.05. The molecule has 3 heteroatoms. The van der Waals surface area contributed by atoms with Crippen molar-refractivity contribution in [2.24, 2.45) is 0 Å². The van der Waals surface area contributed by atoms with E-state index >= 15 is 0 Å². The van der Waals surface area contributed by atoms with Crippen molar-refractivity contribution in [3.05, 3.63) is 53.0 Å². The fourth-order valence-corrected chi connectivity index (χ4v) is 2.64. The van der Waals surface area contributed by atoms with E-state index in [0.717, 1.165) is 11.1 Å². The average molecular weight is 236 g/mol. The number of rotatable bonds is 3. The second kappa shape index (κ2) is 5.12. The molecule has 86 valence electrons. The largest absolute Gasteiger partial charge is 0.219 e. The molecule has 0 aliphatic carbocycles. The Kier molecular flexibility index (Phi) is 4.07. The van der Waals surface area contributed by atoms with Crippen LogP contribution >= 0.6 is 0 Å². The molecule has 0 aliphatic heterocycles. The minimum Gasteiger partial charge on any atom is -0.219 e. The van der Waals surface area contributed by atoms with Crippen LogP contribution in [0.15, 0.2) is 57.9 Å². The topological polar surface area (TPSA) is 34.1 Å². The molecule has 0 bridgehead atoms. The van der Waals surface area contributed by atoms with E-state index in [0.29, 0.717) is 4.90 Å². The molecule has 0 aliphatic rings. The van der Waals surface area contributed by atoms with Crippen molar-refractivity contribution in [1.29, 1.82) is 0 Å². The predicted molar refractivity (Wildman–Crippen MR) is 66.8 cm³/mol. The Morgan fingerprint density at radius 2 is 1.62 bits per heavy atom. The van der Waals surface area contributed by atoms with Crippen molar-refractivity contribution >= 4 is 9.84 Å². The first-order chi connectivity index (χ1) is 7.42. The van der Waals surface area contributed by atoms with Crippen LogP contribution in [0.25, 0.3) is 0 Å². The molecule has 1 rings (SSSR count). The van der Waals surface area contributed by atoms with Crippen molar-refractivity contribution in [1.82, 2.24) is 0 Å².